The van der Waals surface area contributed by atoms with Gasteiger partial charge in [0.15, 0.2) is 31.5 Å². The van der Waals surface area contributed by atoms with Gasteiger partial charge in [0.25, 0.3) is 0 Å². The second-order valence-electron chi connectivity index (χ2n) is 28.6. The summed E-state index contributed by atoms with van der Waals surface area (Å²) < 4.78 is 60.7. The van der Waals surface area contributed by atoms with Crippen LogP contribution in [0.15, 0.2) is 11.6 Å². The minimum absolute atomic E-state index is 0.0153. The number of allylic oxidation sites excluding steroid dienone is 2. The van der Waals surface area contributed by atoms with Crippen LogP contribution in [0.2, 0.25) is 0 Å². The first-order chi connectivity index (χ1) is 41.3. The van der Waals surface area contributed by atoms with Crippen molar-refractivity contribution in [1.29, 1.82) is 0 Å². The van der Waals surface area contributed by atoms with Crippen molar-refractivity contribution >= 4 is 0 Å². The Labute approximate surface area is 512 Å². The van der Waals surface area contributed by atoms with Crippen LogP contribution in [0.5, 0.6) is 0 Å². The van der Waals surface area contributed by atoms with Gasteiger partial charge in [0.2, 0.25) is 0 Å². The predicted molar refractivity (Wildman–Crippen MR) is 299 cm³/mol. The monoisotopic (exact) mass is 1270 g/mol. The van der Waals surface area contributed by atoms with E-state index in [0.717, 1.165) is 24.8 Å². The van der Waals surface area contributed by atoms with E-state index in [1.165, 1.54) is 0 Å². The van der Waals surface area contributed by atoms with Gasteiger partial charge in [-0.25, -0.2) is 0 Å². The van der Waals surface area contributed by atoms with Crippen molar-refractivity contribution in [2.24, 2.45) is 45.3 Å². The lowest BCUT2D eigenvalue weighted by atomic mass is 9.35. The second-order valence-corrected chi connectivity index (χ2v) is 28.6. The summed E-state index contributed by atoms with van der Waals surface area (Å²) in [5, 5.41) is 196. The fraction of sp³-hybridized carbons (Fsp3) is 0.967. The summed E-state index contributed by atoms with van der Waals surface area (Å²) in [6, 6.07) is 0. The summed E-state index contributed by atoms with van der Waals surface area (Å²) >= 11 is 0. The van der Waals surface area contributed by atoms with E-state index >= 15 is 0 Å². The van der Waals surface area contributed by atoms with Gasteiger partial charge >= 0.3 is 0 Å². The molecule has 5 heterocycles. The largest absolute Gasteiger partial charge is 0.394 e. The lowest BCUT2D eigenvalue weighted by Gasteiger charge is -2.71. The Bertz CT molecular complexity index is 2320. The van der Waals surface area contributed by atoms with E-state index in [2.05, 4.69) is 40.7 Å². The number of aliphatic hydroxyl groups is 18. The van der Waals surface area contributed by atoms with Crippen molar-refractivity contribution in [2.45, 2.75) is 285 Å². The zero-order chi connectivity index (χ0) is 64.7. The van der Waals surface area contributed by atoms with Crippen LogP contribution in [-0.4, -0.2) is 296 Å². The van der Waals surface area contributed by atoms with Crippen LogP contribution in [0.3, 0.4) is 0 Å². The fourth-order valence-electron chi connectivity index (χ4n) is 17.7. The van der Waals surface area contributed by atoms with Gasteiger partial charge in [-0.15, -0.1) is 0 Å². The summed E-state index contributed by atoms with van der Waals surface area (Å²) in [6.07, 6.45) is -35.8. The van der Waals surface area contributed by atoms with Crippen molar-refractivity contribution in [2.75, 3.05) is 33.0 Å². The zero-order valence-corrected chi connectivity index (χ0v) is 51.5. The van der Waals surface area contributed by atoms with Crippen molar-refractivity contribution in [3.8, 4) is 0 Å². The first-order valence-electron chi connectivity index (χ1n) is 31.4. The van der Waals surface area contributed by atoms with Gasteiger partial charge < -0.3 is 139 Å². The molecule has 0 unspecified atom stereocenters. The molecule has 4 saturated carbocycles. The highest BCUT2D eigenvalue weighted by atomic mass is 16.8. The van der Waals surface area contributed by atoms with E-state index in [1.54, 1.807) is 0 Å². The first kappa shape index (κ1) is 70.9. The van der Waals surface area contributed by atoms with Gasteiger partial charge in [-0.2, -0.15) is 0 Å². The number of rotatable bonds is 19. The summed E-state index contributed by atoms with van der Waals surface area (Å²) in [5.74, 6) is -0.668. The molecule has 5 saturated heterocycles. The van der Waals surface area contributed by atoms with Crippen LogP contribution < -0.4 is 0 Å². The van der Waals surface area contributed by atoms with Gasteiger partial charge in [0.1, 0.15) is 122 Å². The average Bonchev–Trinajstić information content (AvgIpc) is 1.25. The summed E-state index contributed by atoms with van der Waals surface area (Å²) in [7, 11) is 0. The Morgan fingerprint density at radius 3 is 1.52 bits per heavy atom. The highest BCUT2D eigenvalue weighted by molar-refractivity contribution is 5.21. The van der Waals surface area contributed by atoms with E-state index in [-0.39, 0.29) is 34.5 Å². The predicted octanol–water partition coefficient (Wildman–Crippen LogP) is -4.38. The van der Waals surface area contributed by atoms with Crippen LogP contribution in [0.25, 0.3) is 0 Å². The van der Waals surface area contributed by atoms with Crippen molar-refractivity contribution in [3.05, 3.63) is 11.6 Å². The third kappa shape index (κ3) is 12.6. The summed E-state index contributed by atoms with van der Waals surface area (Å²) in [5.41, 5.74) is -1.88. The molecule has 28 nitrogen and oxygen atoms in total. The molecule has 0 aromatic carbocycles. The Hall–Kier alpha value is -1.38. The SMILES string of the molecule is CC(C)=CCC[C@](C)(O[C@@H]1O[C@H](CO[C@@H]2O[C@H](CO)[C@@H](O)[C@H](O)[C@H]2O)[C@@H](O)[C@H](O)[C@H]1O)[C@H]1CC[C@]2(C)[C@@H]1[C@H](O)C[C@@H]1[C@@]3(C)CC[C@H](O[C@@H]4O[C@H](CO)[C@@H](O)[C@H](O)[C@H]4O[C@@H]4O[C@H](CO)[C@@H](O[C@@H]5O[C@H](CO)[C@H](O)[C@H](O)[C@H]5O)[C@H](O)[C@H]4O)C(C)(C)[C@@H]3CC[C@]12C. The Morgan fingerprint density at radius 1 is 0.477 bits per heavy atom. The van der Waals surface area contributed by atoms with Crippen LogP contribution in [0, 0.1) is 45.3 Å². The second kappa shape index (κ2) is 27.4. The Kier molecular flexibility index (Phi) is 22.1. The number of hydrogen-bond acceptors (Lipinski definition) is 28. The van der Waals surface area contributed by atoms with E-state index in [4.69, 9.17) is 47.4 Å². The standard InChI is InChI=1S/C60H102O28/c1-24(2)10-9-14-60(8,88-54-47(77)42(72)39(69)31(84-54)23-79-51-45(75)40(70)36(66)27(19-61)80-51)25-11-16-59(7)35(25)26(65)18-33-57(5)15-13-34(56(3,4)32(57)12-17-58(33,59)6)85-55-50(43(73)38(68)29(21-63)82-55)87-53-48(78)44(74)49(30(22-64)83-53)86-52-46(76)41(71)37(67)28(20-62)81-52/h10,25-55,61-78H,9,11-23H2,1-8H3/t25-,26+,27+,28+,29+,30+,31+,32-,33+,34-,35-,36+,37-,38+,39+,40-,41-,42-,43-,44+,45+,46+,47+,48+,49+,50+,51+,52-,53-,54-,55-,57-,58+,59+,60-/m0/s1. The van der Waals surface area contributed by atoms with Crippen LogP contribution in [0.4, 0.5) is 0 Å². The maximum absolute atomic E-state index is 12.9. The van der Waals surface area contributed by atoms with E-state index in [1.807, 2.05) is 20.8 Å². The van der Waals surface area contributed by atoms with E-state index in [0.29, 0.717) is 38.5 Å². The molecule has 4 aliphatic carbocycles. The Balaban J connectivity index is 0.909. The minimum atomic E-state index is -2.01. The van der Waals surface area contributed by atoms with Crippen LogP contribution in [0.1, 0.15) is 113 Å². The topological polar surface area (TPSA) is 456 Å². The molecule has 9 rings (SSSR count). The van der Waals surface area contributed by atoms with Gasteiger partial charge in [-0.1, -0.05) is 46.3 Å². The molecule has 9 aliphatic rings. The molecular formula is C60H102O28. The first-order valence-corrected chi connectivity index (χ1v) is 31.4. The summed E-state index contributed by atoms with van der Waals surface area (Å²) in [6.45, 7) is 13.4. The average molecular weight is 1270 g/mol. The molecule has 9 fully saturated rings. The molecule has 0 bridgehead atoms. The molecular weight excluding hydrogens is 1170 g/mol. The van der Waals surface area contributed by atoms with Crippen LogP contribution >= 0.6 is 0 Å². The number of aliphatic hydroxyl groups excluding tert-OH is 18. The maximum atomic E-state index is 12.9. The molecule has 510 valence electrons. The van der Waals surface area contributed by atoms with Crippen molar-refractivity contribution in [1.82, 2.24) is 0 Å². The molecule has 35 atom stereocenters. The fourth-order valence-corrected chi connectivity index (χ4v) is 17.7. The number of fused-ring (bicyclic) bond motifs is 5. The molecule has 28 heteroatoms. The molecule has 18 N–H and O–H groups in total. The highest BCUT2D eigenvalue weighted by Crippen LogP contribution is 2.76. The van der Waals surface area contributed by atoms with Crippen LogP contribution in [-0.2, 0) is 47.4 Å². The number of ether oxygens (including phenoxy) is 10. The molecule has 0 aromatic rings. The van der Waals surface area contributed by atoms with E-state index in [9.17, 15) is 91.9 Å². The van der Waals surface area contributed by atoms with Gasteiger partial charge in [-0.05, 0) is 124 Å². The maximum Gasteiger partial charge on any atom is 0.187 e. The smallest absolute Gasteiger partial charge is 0.187 e. The molecule has 5 aliphatic heterocycles. The lowest BCUT2D eigenvalue weighted by Crippen LogP contribution is -2.68. The lowest BCUT2D eigenvalue weighted by molar-refractivity contribution is -0.390. The molecule has 0 radical (unpaired) electrons. The highest BCUT2D eigenvalue weighted by Gasteiger charge is 2.72. The molecule has 0 amide bonds. The van der Waals surface area contributed by atoms with Gasteiger partial charge in [0, 0.05) is 0 Å². The molecule has 0 aromatic heterocycles. The minimum Gasteiger partial charge on any atom is -0.394 e. The Morgan fingerprint density at radius 2 is 0.943 bits per heavy atom. The van der Waals surface area contributed by atoms with Crippen molar-refractivity contribution in [3.63, 3.8) is 0 Å². The number of hydrogen-bond donors (Lipinski definition) is 18. The quantitative estimate of drug-likeness (QED) is 0.0429. The molecule has 88 heavy (non-hydrogen) atoms. The van der Waals surface area contributed by atoms with Gasteiger partial charge in [0.05, 0.1) is 50.8 Å². The summed E-state index contributed by atoms with van der Waals surface area (Å²) in [4.78, 5) is 0. The third-order valence-corrected chi connectivity index (χ3v) is 23.0. The van der Waals surface area contributed by atoms with Gasteiger partial charge in [-0.3, -0.25) is 0 Å². The molecule has 0 spiro atoms. The third-order valence-electron chi connectivity index (χ3n) is 23.0. The normalized spacial score (nSPS) is 52.9. The van der Waals surface area contributed by atoms with E-state index < -0.39 is 215 Å². The zero-order valence-electron chi connectivity index (χ0n) is 51.5. The van der Waals surface area contributed by atoms with Crippen molar-refractivity contribution < 1.29 is 139 Å².